The minimum absolute atomic E-state index is 0.821. The first-order valence-corrected chi connectivity index (χ1v) is 5.89. The van der Waals surface area contributed by atoms with Crippen LogP contribution in [0.5, 0.6) is 0 Å². The van der Waals surface area contributed by atoms with Crippen molar-refractivity contribution in [1.82, 2.24) is 0 Å². The lowest BCUT2D eigenvalue weighted by Crippen LogP contribution is -1.97. The van der Waals surface area contributed by atoms with Crippen LogP contribution in [0.3, 0.4) is 0 Å². The van der Waals surface area contributed by atoms with E-state index in [1.807, 2.05) is 12.1 Å². The van der Waals surface area contributed by atoms with Crippen molar-refractivity contribution < 1.29 is 0 Å². The van der Waals surface area contributed by atoms with Gasteiger partial charge in [-0.2, -0.15) is 0 Å². The Morgan fingerprint density at radius 2 is 1.71 bits per heavy atom. The summed E-state index contributed by atoms with van der Waals surface area (Å²) in [6.45, 7) is 4.32. The van der Waals surface area contributed by atoms with Crippen LogP contribution in [0.15, 0.2) is 48.5 Å². The van der Waals surface area contributed by atoms with Crippen LogP contribution in [0.2, 0.25) is 0 Å². The summed E-state index contributed by atoms with van der Waals surface area (Å²) >= 11 is 0. The van der Waals surface area contributed by atoms with Crippen LogP contribution in [-0.2, 0) is 6.42 Å². The Morgan fingerprint density at radius 3 is 2.35 bits per heavy atom. The minimum Gasteiger partial charge on any atom is -0.399 e. The molecule has 1 heteroatoms. The first-order chi connectivity index (χ1) is 8.16. The van der Waals surface area contributed by atoms with Gasteiger partial charge in [-0.25, -0.2) is 0 Å². The predicted molar refractivity (Wildman–Crippen MR) is 74.6 cm³/mol. The van der Waals surface area contributed by atoms with Gasteiger partial charge in [-0.1, -0.05) is 50.2 Å². The number of rotatable bonds is 3. The Morgan fingerprint density at radius 1 is 1.00 bits per heavy atom. The van der Waals surface area contributed by atoms with Gasteiger partial charge in [0.25, 0.3) is 0 Å². The third-order valence-corrected chi connectivity index (χ3v) is 2.76. The van der Waals surface area contributed by atoms with Crippen molar-refractivity contribution in [3.05, 3.63) is 60.0 Å². The van der Waals surface area contributed by atoms with E-state index in [1.54, 1.807) is 0 Å². The van der Waals surface area contributed by atoms with E-state index in [1.165, 1.54) is 22.6 Å². The highest BCUT2D eigenvalue weighted by molar-refractivity contribution is 5.71. The zero-order valence-electron chi connectivity index (χ0n) is 10.4. The summed E-state index contributed by atoms with van der Waals surface area (Å²) in [6.07, 6.45) is 1.00. The van der Waals surface area contributed by atoms with E-state index in [9.17, 15) is 0 Å². The number of hydrogen-bond donors (Lipinski definition) is 1. The molecule has 0 fully saturated rings. The smallest absolute Gasteiger partial charge is 0.0320 e. The molecule has 0 saturated heterocycles. The maximum absolute atomic E-state index is 5.89. The lowest BCUT2D eigenvalue weighted by atomic mass is 9.93. The molecule has 0 aliphatic heterocycles. The van der Waals surface area contributed by atoms with Gasteiger partial charge in [-0.3, -0.25) is 0 Å². The highest BCUT2D eigenvalue weighted by Crippen LogP contribution is 2.28. The molecule has 2 N–H and O–H groups in total. The molecule has 0 aromatic heterocycles. The van der Waals surface area contributed by atoms with E-state index in [0.29, 0.717) is 0 Å². The molecule has 0 spiro atoms. The molecule has 0 aliphatic rings. The van der Waals surface area contributed by atoms with Crippen LogP contribution < -0.4 is 5.73 Å². The van der Waals surface area contributed by atoms with Gasteiger partial charge >= 0.3 is 0 Å². The first kappa shape index (κ1) is 11.7. The van der Waals surface area contributed by atoms with Gasteiger partial charge in [-0.15, -0.1) is 0 Å². The standard InChI is InChI=1S/C16H18N/c1-12(2)10-14-8-9-15(17)11-16(14)13-6-4-3-5-7-13/h3-9,11H,10,17H2,1-2H3. The normalized spacial score (nSPS) is 10.8. The maximum Gasteiger partial charge on any atom is 0.0320 e. The summed E-state index contributed by atoms with van der Waals surface area (Å²) in [5.74, 6) is 1.41. The average Bonchev–Trinajstić information content (AvgIpc) is 2.32. The van der Waals surface area contributed by atoms with E-state index < -0.39 is 0 Å². The molecule has 2 aromatic carbocycles. The van der Waals surface area contributed by atoms with E-state index in [2.05, 4.69) is 50.2 Å². The summed E-state index contributed by atoms with van der Waals surface area (Å²) in [7, 11) is 0. The number of benzene rings is 2. The summed E-state index contributed by atoms with van der Waals surface area (Å²) in [5.41, 5.74) is 10.5. The average molecular weight is 224 g/mol. The van der Waals surface area contributed by atoms with Gasteiger partial charge in [0.05, 0.1) is 0 Å². The Hall–Kier alpha value is -1.76. The topological polar surface area (TPSA) is 26.0 Å². The fraction of sp³-hybridized carbons (Fsp3) is 0.188. The predicted octanol–water partition coefficient (Wildman–Crippen LogP) is 4.09. The zero-order valence-corrected chi connectivity index (χ0v) is 10.4. The molecule has 0 aliphatic carbocycles. The summed E-state index contributed by atoms with van der Waals surface area (Å²) < 4.78 is 0. The molecule has 17 heavy (non-hydrogen) atoms. The van der Waals surface area contributed by atoms with Crippen LogP contribution in [-0.4, -0.2) is 0 Å². The Kier molecular flexibility index (Phi) is 3.48. The third kappa shape index (κ3) is 2.88. The van der Waals surface area contributed by atoms with Crippen LogP contribution in [0.25, 0.3) is 11.1 Å². The van der Waals surface area contributed by atoms with Crippen molar-refractivity contribution in [2.45, 2.75) is 20.3 Å². The van der Waals surface area contributed by atoms with Crippen LogP contribution >= 0.6 is 0 Å². The second-order valence-electron chi connectivity index (χ2n) is 4.67. The SMILES string of the molecule is C[C](C)Cc1ccc(N)cc1-c1ccccc1. The quantitative estimate of drug-likeness (QED) is 0.781. The van der Waals surface area contributed by atoms with E-state index in [0.717, 1.165) is 12.1 Å². The third-order valence-electron chi connectivity index (χ3n) is 2.76. The summed E-state index contributed by atoms with van der Waals surface area (Å²) in [6, 6.07) is 16.6. The maximum atomic E-state index is 5.89. The van der Waals surface area contributed by atoms with Gasteiger partial charge in [0.1, 0.15) is 0 Å². The van der Waals surface area contributed by atoms with Gasteiger partial charge in [0.2, 0.25) is 0 Å². The van der Waals surface area contributed by atoms with Crippen molar-refractivity contribution in [3.8, 4) is 11.1 Å². The van der Waals surface area contributed by atoms with Crippen molar-refractivity contribution in [1.29, 1.82) is 0 Å². The number of nitrogen functional groups attached to an aromatic ring is 1. The van der Waals surface area contributed by atoms with Crippen LogP contribution in [0.4, 0.5) is 5.69 Å². The molecule has 2 rings (SSSR count). The molecule has 1 radical (unpaired) electrons. The lowest BCUT2D eigenvalue weighted by Gasteiger charge is -2.12. The van der Waals surface area contributed by atoms with Crippen molar-refractivity contribution >= 4 is 5.69 Å². The second-order valence-corrected chi connectivity index (χ2v) is 4.67. The molecule has 1 nitrogen and oxygen atoms in total. The molecule has 0 unspecified atom stereocenters. The van der Waals surface area contributed by atoms with Crippen molar-refractivity contribution in [2.75, 3.05) is 5.73 Å². The first-order valence-electron chi connectivity index (χ1n) is 5.89. The van der Waals surface area contributed by atoms with Crippen LogP contribution in [0, 0.1) is 5.92 Å². The Bertz CT molecular complexity index is 486. The number of anilines is 1. The Balaban J connectivity index is 2.47. The molecular formula is C16H18N. The summed E-state index contributed by atoms with van der Waals surface area (Å²) in [4.78, 5) is 0. The van der Waals surface area contributed by atoms with Crippen molar-refractivity contribution in [3.63, 3.8) is 0 Å². The molecular weight excluding hydrogens is 206 g/mol. The molecule has 0 bridgehead atoms. The number of hydrogen-bond acceptors (Lipinski definition) is 1. The fourth-order valence-corrected chi connectivity index (χ4v) is 2.02. The highest BCUT2D eigenvalue weighted by Gasteiger charge is 2.07. The van der Waals surface area contributed by atoms with E-state index in [4.69, 9.17) is 5.73 Å². The molecule has 0 atom stereocenters. The van der Waals surface area contributed by atoms with Gasteiger partial charge in [0.15, 0.2) is 0 Å². The lowest BCUT2D eigenvalue weighted by molar-refractivity contribution is 0.959. The highest BCUT2D eigenvalue weighted by atomic mass is 14.5. The summed E-state index contributed by atoms with van der Waals surface area (Å²) in [5, 5.41) is 0. The minimum atomic E-state index is 0.821. The Labute approximate surface area is 103 Å². The molecule has 2 aromatic rings. The molecule has 0 heterocycles. The zero-order chi connectivity index (χ0) is 12.3. The van der Waals surface area contributed by atoms with Crippen LogP contribution in [0.1, 0.15) is 19.4 Å². The molecule has 0 amide bonds. The van der Waals surface area contributed by atoms with Gasteiger partial charge < -0.3 is 5.73 Å². The monoisotopic (exact) mass is 224 g/mol. The van der Waals surface area contributed by atoms with Crippen molar-refractivity contribution in [2.24, 2.45) is 0 Å². The van der Waals surface area contributed by atoms with E-state index in [-0.39, 0.29) is 0 Å². The van der Waals surface area contributed by atoms with Gasteiger partial charge in [-0.05, 0) is 41.2 Å². The molecule has 0 saturated carbocycles. The fourth-order valence-electron chi connectivity index (χ4n) is 2.02. The largest absolute Gasteiger partial charge is 0.399 e. The van der Waals surface area contributed by atoms with Gasteiger partial charge in [0, 0.05) is 5.69 Å². The second kappa shape index (κ2) is 5.05. The molecule has 87 valence electrons. The number of nitrogens with two attached hydrogens (primary N) is 1. The van der Waals surface area contributed by atoms with E-state index >= 15 is 0 Å².